The first kappa shape index (κ1) is 33.4. The van der Waals surface area contributed by atoms with Gasteiger partial charge in [0.1, 0.15) is 6.10 Å². The summed E-state index contributed by atoms with van der Waals surface area (Å²) in [7, 11) is 0. The summed E-state index contributed by atoms with van der Waals surface area (Å²) in [5.74, 6) is -0.806. The Morgan fingerprint density at radius 3 is 2.09 bits per heavy atom. The van der Waals surface area contributed by atoms with Crippen molar-refractivity contribution in [1.29, 1.82) is 0 Å². The first-order chi connectivity index (χ1) is 17.0. The third-order valence-corrected chi connectivity index (χ3v) is 6.18. The molecule has 204 valence electrons. The average Bonchev–Trinajstić information content (AvgIpc) is 2.84. The average molecular weight is 495 g/mol. The van der Waals surface area contributed by atoms with Crippen LogP contribution in [0.4, 0.5) is 0 Å². The highest BCUT2D eigenvalue weighted by Crippen LogP contribution is 2.13. The second-order valence-corrected chi connectivity index (χ2v) is 9.66. The van der Waals surface area contributed by atoms with E-state index < -0.39 is 5.97 Å². The molecule has 0 rings (SSSR count). The highest BCUT2D eigenvalue weighted by Gasteiger charge is 2.15. The molecule has 0 aliphatic carbocycles. The van der Waals surface area contributed by atoms with Gasteiger partial charge in [0.05, 0.1) is 6.10 Å². The molecule has 0 fully saturated rings. The van der Waals surface area contributed by atoms with Crippen molar-refractivity contribution in [2.45, 2.75) is 148 Å². The minimum absolute atomic E-state index is 0.175. The van der Waals surface area contributed by atoms with Crippen molar-refractivity contribution in [3.8, 4) is 0 Å². The summed E-state index contributed by atoms with van der Waals surface area (Å²) in [4.78, 5) is 23.9. The van der Waals surface area contributed by atoms with Crippen molar-refractivity contribution >= 4 is 11.9 Å². The normalized spacial score (nSPS) is 13.0. The maximum atomic E-state index is 12.0. The summed E-state index contributed by atoms with van der Waals surface area (Å²) >= 11 is 0. The molecule has 0 saturated heterocycles. The molecule has 0 bridgehead atoms. The van der Waals surface area contributed by atoms with E-state index in [1.165, 1.54) is 32.1 Å². The zero-order valence-corrected chi connectivity index (χ0v) is 22.8. The van der Waals surface area contributed by atoms with Crippen molar-refractivity contribution in [2.24, 2.45) is 0 Å². The van der Waals surface area contributed by atoms with E-state index in [1.807, 2.05) is 0 Å². The number of rotatable bonds is 25. The third-order valence-electron chi connectivity index (χ3n) is 6.18. The Kier molecular flexibility index (Phi) is 24.3. The Morgan fingerprint density at radius 2 is 1.40 bits per heavy atom. The maximum absolute atomic E-state index is 12.0. The molecule has 0 aromatic heterocycles. The standard InChI is InChI=1S/C30H54O5/c1-4-7-9-17-22-27(31)23-18-15-13-11-12-14-16-20-25-29(32)34-26-30(33)35-28(21-6-3)24-19-10-8-5-2/h6,15,18,27-28,31H,3-5,7-14,16-17,19-26H2,1-2H3/b18-15-. The van der Waals surface area contributed by atoms with Crippen LogP contribution in [0.1, 0.15) is 136 Å². The molecule has 0 aromatic rings. The summed E-state index contributed by atoms with van der Waals surface area (Å²) in [5.41, 5.74) is 0. The Hall–Kier alpha value is -1.62. The van der Waals surface area contributed by atoms with Gasteiger partial charge in [-0.25, -0.2) is 4.79 Å². The molecule has 0 aliphatic rings. The molecular weight excluding hydrogens is 440 g/mol. The Morgan fingerprint density at radius 1 is 0.771 bits per heavy atom. The molecule has 35 heavy (non-hydrogen) atoms. The van der Waals surface area contributed by atoms with Gasteiger partial charge in [0.25, 0.3) is 0 Å². The van der Waals surface area contributed by atoms with Gasteiger partial charge in [-0.2, -0.15) is 0 Å². The fraction of sp³-hybridized carbons (Fsp3) is 0.800. The van der Waals surface area contributed by atoms with Gasteiger partial charge in [0, 0.05) is 12.8 Å². The van der Waals surface area contributed by atoms with Crippen LogP contribution in [0.3, 0.4) is 0 Å². The number of aliphatic hydroxyl groups is 1. The lowest BCUT2D eigenvalue weighted by atomic mass is 10.1. The quantitative estimate of drug-likeness (QED) is 0.0790. The Balaban J connectivity index is 3.68. The Labute approximate surface area is 215 Å². The van der Waals surface area contributed by atoms with Crippen molar-refractivity contribution < 1.29 is 24.2 Å². The highest BCUT2D eigenvalue weighted by atomic mass is 16.6. The first-order valence-electron chi connectivity index (χ1n) is 14.3. The largest absolute Gasteiger partial charge is 0.460 e. The van der Waals surface area contributed by atoms with Crippen LogP contribution < -0.4 is 0 Å². The zero-order chi connectivity index (χ0) is 26.0. The van der Waals surface area contributed by atoms with Gasteiger partial charge >= 0.3 is 11.9 Å². The van der Waals surface area contributed by atoms with Crippen molar-refractivity contribution in [2.75, 3.05) is 6.61 Å². The van der Waals surface area contributed by atoms with Crippen LogP contribution in [0.5, 0.6) is 0 Å². The minimum Gasteiger partial charge on any atom is -0.460 e. The van der Waals surface area contributed by atoms with E-state index in [0.29, 0.717) is 12.8 Å². The van der Waals surface area contributed by atoms with E-state index in [0.717, 1.165) is 77.0 Å². The van der Waals surface area contributed by atoms with Crippen molar-refractivity contribution in [3.05, 3.63) is 24.8 Å². The number of allylic oxidation sites excluding steroid dienone is 1. The molecule has 2 atom stereocenters. The second-order valence-electron chi connectivity index (χ2n) is 9.66. The predicted octanol–water partition coefficient (Wildman–Crippen LogP) is 8.00. The number of ether oxygens (including phenoxy) is 2. The lowest BCUT2D eigenvalue weighted by Gasteiger charge is -2.16. The van der Waals surface area contributed by atoms with Gasteiger partial charge in [-0.15, -0.1) is 6.58 Å². The highest BCUT2D eigenvalue weighted by molar-refractivity contribution is 5.76. The summed E-state index contributed by atoms with van der Waals surface area (Å²) in [6.45, 7) is 7.79. The number of unbranched alkanes of at least 4 members (excludes halogenated alkanes) is 11. The third kappa shape index (κ3) is 23.9. The lowest BCUT2D eigenvalue weighted by molar-refractivity contribution is -0.162. The number of hydrogen-bond donors (Lipinski definition) is 1. The van der Waals surface area contributed by atoms with Crippen LogP contribution >= 0.6 is 0 Å². The molecule has 5 nitrogen and oxygen atoms in total. The summed E-state index contributed by atoms with van der Waals surface area (Å²) in [6.07, 6.45) is 24.6. The molecule has 0 spiro atoms. The molecule has 2 unspecified atom stereocenters. The summed E-state index contributed by atoms with van der Waals surface area (Å²) < 4.78 is 10.5. The van der Waals surface area contributed by atoms with Crippen molar-refractivity contribution in [3.63, 3.8) is 0 Å². The van der Waals surface area contributed by atoms with E-state index in [2.05, 4.69) is 32.6 Å². The van der Waals surface area contributed by atoms with Crippen LogP contribution in [0.15, 0.2) is 24.8 Å². The van der Waals surface area contributed by atoms with Gasteiger partial charge in [-0.05, 0) is 44.9 Å². The zero-order valence-electron chi connectivity index (χ0n) is 22.8. The minimum atomic E-state index is -0.474. The van der Waals surface area contributed by atoms with E-state index in [1.54, 1.807) is 6.08 Å². The Bertz CT molecular complexity index is 543. The van der Waals surface area contributed by atoms with Gasteiger partial charge < -0.3 is 14.6 Å². The van der Waals surface area contributed by atoms with Crippen LogP contribution in [0.2, 0.25) is 0 Å². The molecule has 0 saturated carbocycles. The summed E-state index contributed by atoms with van der Waals surface area (Å²) in [6, 6.07) is 0. The molecule has 0 amide bonds. The van der Waals surface area contributed by atoms with E-state index in [9.17, 15) is 14.7 Å². The van der Waals surface area contributed by atoms with E-state index >= 15 is 0 Å². The number of carbonyl (C=O) groups is 2. The number of carbonyl (C=O) groups excluding carboxylic acids is 2. The van der Waals surface area contributed by atoms with Gasteiger partial charge in [-0.3, -0.25) is 4.79 Å². The SMILES string of the molecule is C=CCC(CCCCCC)OC(=O)COC(=O)CCCCCCC/C=C\CC(O)CCCCCC. The monoisotopic (exact) mass is 494 g/mol. The van der Waals surface area contributed by atoms with Crippen LogP contribution in [-0.2, 0) is 19.1 Å². The van der Waals surface area contributed by atoms with E-state index in [-0.39, 0.29) is 24.8 Å². The molecule has 0 radical (unpaired) electrons. The number of hydrogen-bond acceptors (Lipinski definition) is 5. The van der Waals surface area contributed by atoms with Crippen molar-refractivity contribution in [1.82, 2.24) is 0 Å². The molecular formula is C30H54O5. The molecule has 0 aliphatic heterocycles. The first-order valence-corrected chi connectivity index (χ1v) is 14.3. The fourth-order valence-electron chi connectivity index (χ4n) is 4.00. The van der Waals surface area contributed by atoms with Crippen LogP contribution in [-0.4, -0.2) is 35.9 Å². The topological polar surface area (TPSA) is 72.8 Å². The van der Waals surface area contributed by atoms with Gasteiger partial charge in [-0.1, -0.05) is 96.3 Å². The lowest BCUT2D eigenvalue weighted by Crippen LogP contribution is -2.22. The van der Waals surface area contributed by atoms with Crippen LogP contribution in [0.25, 0.3) is 0 Å². The molecule has 1 N–H and O–H groups in total. The summed E-state index contributed by atoms with van der Waals surface area (Å²) in [5, 5.41) is 9.95. The molecule has 0 aromatic carbocycles. The molecule has 0 heterocycles. The van der Waals surface area contributed by atoms with Crippen LogP contribution in [0, 0.1) is 0 Å². The van der Waals surface area contributed by atoms with Gasteiger partial charge in [0.2, 0.25) is 0 Å². The smallest absolute Gasteiger partial charge is 0.344 e. The van der Waals surface area contributed by atoms with Gasteiger partial charge in [0.15, 0.2) is 6.61 Å². The van der Waals surface area contributed by atoms with E-state index in [4.69, 9.17) is 9.47 Å². The second kappa shape index (κ2) is 25.5. The predicted molar refractivity (Wildman–Crippen MR) is 145 cm³/mol. The fourth-order valence-corrected chi connectivity index (χ4v) is 4.00. The molecule has 5 heteroatoms. The number of aliphatic hydroxyl groups excluding tert-OH is 1. The number of esters is 2. The maximum Gasteiger partial charge on any atom is 0.344 e.